The fourth-order valence-electron chi connectivity index (χ4n) is 5.41. The number of thioether (sulfide) groups is 4. The molecule has 2 aliphatic carbocycles. The van der Waals surface area contributed by atoms with E-state index < -0.39 is 18.0 Å². The fourth-order valence-corrected chi connectivity index (χ4v) is 10.7. The Morgan fingerprint density at radius 1 is 0.625 bits per heavy atom. The molecule has 4 unspecified atom stereocenters. The zero-order valence-electron chi connectivity index (χ0n) is 33.8. The van der Waals surface area contributed by atoms with Gasteiger partial charge in [0, 0.05) is 46.2 Å². The second-order valence-corrected chi connectivity index (χ2v) is 19.2. The number of rotatable bonds is 30. The van der Waals surface area contributed by atoms with Crippen LogP contribution in [0, 0.1) is 5.92 Å². The van der Waals surface area contributed by atoms with E-state index in [2.05, 4.69) is 5.32 Å². The first-order valence-electron chi connectivity index (χ1n) is 19.7. The van der Waals surface area contributed by atoms with E-state index in [0.29, 0.717) is 64.1 Å². The fraction of sp³-hybridized carbons (Fsp3) is 0.795. The van der Waals surface area contributed by atoms with Crippen molar-refractivity contribution in [3.63, 3.8) is 0 Å². The van der Waals surface area contributed by atoms with E-state index in [-0.39, 0.29) is 59.4 Å². The van der Waals surface area contributed by atoms with Crippen molar-refractivity contribution in [1.29, 1.82) is 0 Å². The molecule has 2 rings (SSSR count). The van der Waals surface area contributed by atoms with Crippen LogP contribution in [-0.2, 0) is 38.4 Å². The minimum atomic E-state index is -0.802. The van der Waals surface area contributed by atoms with Crippen LogP contribution in [0.4, 0.5) is 0 Å². The molecule has 1 amide bonds. The van der Waals surface area contributed by atoms with E-state index >= 15 is 0 Å². The predicted molar refractivity (Wildman–Crippen MR) is 231 cm³/mol. The average Bonchev–Trinajstić information content (AvgIpc) is 3.10. The molecule has 13 nitrogen and oxygen atoms in total. The maximum absolute atomic E-state index is 12.1. The molecular weight excluding hydrogens is 799 g/mol. The van der Waals surface area contributed by atoms with Crippen LogP contribution in [0.2, 0.25) is 0 Å². The summed E-state index contributed by atoms with van der Waals surface area (Å²) in [4.78, 5) is 88.7. The zero-order valence-corrected chi connectivity index (χ0v) is 37.0. The van der Waals surface area contributed by atoms with Gasteiger partial charge in [-0.1, -0.05) is 26.2 Å². The average molecular weight is 866 g/mol. The van der Waals surface area contributed by atoms with Crippen molar-refractivity contribution in [2.45, 2.75) is 151 Å². The minimum Gasteiger partial charge on any atom is -0.481 e. The molecule has 0 aliphatic heterocycles. The quantitative estimate of drug-likeness (QED) is 0.0571. The molecule has 7 N–H and O–H groups in total. The molecule has 2 saturated carbocycles. The number of aliphatic carboxylic acids is 2. The van der Waals surface area contributed by atoms with Gasteiger partial charge in [0.05, 0.1) is 35.6 Å². The third-order valence-electron chi connectivity index (χ3n) is 9.09. The first kappa shape index (κ1) is 54.1. The number of amides is 1. The second kappa shape index (κ2) is 33.0. The van der Waals surface area contributed by atoms with E-state index in [9.17, 15) is 38.4 Å². The van der Waals surface area contributed by atoms with Gasteiger partial charge < -0.3 is 31.8 Å². The SMILES string of the molecule is CC(=O)CCC(=O)[C@@H](N)CCCCN.CC[C@@H](CCCCCC(=O)CSC1CCC1SCC(C)=O)C(=O)NCC(C)=O.O=C(O)CSC1CCC1SCC(=O)O. The van der Waals surface area contributed by atoms with Crippen LogP contribution in [0.5, 0.6) is 0 Å². The number of carbonyl (C=O) groups excluding carboxylic acids is 6. The Bertz CT molecular complexity index is 1220. The van der Waals surface area contributed by atoms with Gasteiger partial charge >= 0.3 is 11.9 Å². The highest BCUT2D eigenvalue weighted by atomic mass is 32.2. The normalized spacial score (nSPS) is 19.2. The molecular formula is C39H67N3O10S4. The van der Waals surface area contributed by atoms with Gasteiger partial charge in [-0.05, 0) is 85.1 Å². The van der Waals surface area contributed by atoms with Crippen LogP contribution < -0.4 is 16.8 Å². The van der Waals surface area contributed by atoms with Crippen molar-refractivity contribution in [1.82, 2.24) is 5.32 Å². The van der Waals surface area contributed by atoms with E-state index in [1.54, 1.807) is 30.4 Å². The van der Waals surface area contributed by atoms with E-state index in [1.165, 1.54) is 37.4 Å². The molecule has 17 heteroatoms. The Balaban J connectivity index is 0.000000904. The summed E-state index contributed by atoms with van der Waals surface area (Å²) in [5.41, 5.74) is 11.0. The Hall–Kier alpha value is -1.92. The topological polar surface area (TPSA) is 241 Å². The first-order valence-corrected chi connectivity index (χ1v) is 23.9. The number of hydrogen-bond acceptors (Lipinski definition) is 14. The minimum absolute atomic E-state index is 0.0165. The van der Waals surface area contributed by atoms with E-state index in [1.807, 2.05) is 6.92 Å². The summed E-state index contributed by atoms with van der Waals surface area (Å²) in [7, 11) is 0. The van der Waals surface area contributed by atoms with E-state index in [0.717, 1.165) is 70.6 Å². The number of carboxylic acid groups (broad SMARTS) is 2. The lowest BCUT2D eigenvalue weighted by molar-refractivity contribution is -0.135. The molecule has 0 spiro atoms. The molecule has 0 aromatic heterocycles. The van der Waals surface area contributed by atoms with Crippen molar-refractivity contribution in [2.75, 3.05) is 36.1 Å². The molecule has 0 aromatic rings. The molecule has 2 aliphatic rings. The highest BCUT2D eigenvalue weighted by Crippen LogP contribution is 2.41. The van der Waals surface area contributed by atoms with Gasteiger partial charge in [-0.25, -0.2) is 0 Å². The Labute approximate surface area is 350 Å². The molecule has 0 radical (unpaired) electrons. The largest absolute Gasteiger partial charge is 0.481 e. The van der Waals surface area contributed by atoms with Crippen molar-refractivity contribution in [3.8, 4) is 0 Å². The number of carboxylic acids is 2. The smallest absolute Gasteiger partial charge is 0.313 e. The summed E-state index contributed by atoms with van der Waals surface area (Å²) in [6.45, 7) is 7.30. The predicted octanol–water partition coefficient (Wildman–Crippen LogP) is 5.36. The summed E-state index contributed by atoms with van der Waals surface area (Å²) in [5.74, 6) is 0.216. The number of Topliss-reactive ketones (excluding diaryl/α,β-unsaturated/α-hetero) is 5. The van der Waals surface area contributed by atoms with E-state index in [4.69, 9.17) is 21.7 Å². The number of nitrogens with two attached hydrogens (primary N) is 2. The number of carbonyl (C=O) groups is 8. The summed E-state index contributed by atoms with van der Waals surface area (Å²) >= 11 is 6.32. The maximum Gasteiger partial charge on any atom is 0.313 e. The van der Waals surface area contributed by atoms with Gasteiger partial charge in [0.1, 0.15) is 28.9 Å². The van der Waals surface area contributed by atoms with Gasteiger partial charge in [-0.3, -0.25) is 33.6 Å². The van der Waals surface area contributed by atoms with Crippen LogP contribution >= 0.6 is 47.0 Å². The Morgan fingerprint density at radius 3 is 1.55 bits per heavy atom. The lowest BCUT2D eigenvalue weighted by Crippen LogP contribution is -2.33. The standard InChI is InChI=1S/C21H35NO4S2.C10H20N2O2.C8H12O4S2/c1-4-17(21(26)22-12-15(2)23)8-6-5-7-9-18(25)14-28-20-11-10-19(20)27-13-16(3)24;1-8(13)5-6-10(14)9(12)4-2-3-7-11;9-7(10)3-13-5-1-2-6(5)14-4-8(11)12/h17,19-20H,4-14H2,1-3H3,(H,22,26);9H,2-7,11-12H2,1H3;5-6H,1-4H2,(H,9,10)(H,11,12)/t17-,19?,20?;9-;/m00./s1. The van der Waals surface area contributed by atoms with Gasteiger partial charge in [0.2, 0.25) is 5.91 Å². The molecule has 56 heavy (non-hydrogen) atoms. The van der Waals surface area contributed by atoms with Crippen molar-refractivity contribution < 1.29 is 48.6 Å². The third-order valence-corrected chi connectivity index (χ3v) is 15.3. The summed E-state index contributed by atoms with van der Waals surface area (Å²) in [6.07, 6.45) is 12.3. The summed E-state index contributed by atoms with van der Waals surface area (Å²) < 4.78 is 0. The van der Waals surface area contributed by atoms with Crippen LogP contribution in [0.1, 0.15) is 124 Å². The summed E-state index contributed by atoms with van der Waals surface area (Å²) in [5, 5.41) is 21.3. The lowest BCUT2D eigenvalue weighted by atomic mass is 9.97. The Morgan fingerprint density at radius 2 is 1.12 bits per heavy atom. The van der Waals surface area contributed by atoms with Crippen molar-refractivity contribution in [3.05, 3.63) is 0 Å². The molecule has 0 heterocycles. The number of nitrogens with one attached hydrogen (secondary N) is 1. The maximum atomic E-state index is 12.1. The van der Waals surface area contributed by atoms with Crippen LogP contribution in [0.3, 0.4) is 0 Å². The zero-order chi connectivity index (χ0) is 42.5. The Kier molecular flexibility index (Phi) is 31.8. The van der Waals surface area contributed by atoms with Crippen LogP contribution in [0.15, 0.2) is 0 Å². The van der Waals surface area contributed by atoms with Gasteiger partial charge in [0.15, 0.2) is 0 Å². The van der Waals surface area contributed by atoms with Gasteiger partial charge in [0.25, 0.3) is 0 Å². The monoisotopic (exact) mass is 865 g/mol. The molecule has 2 fully saturated rings. The van der Waals surface area contributed by atoms with Gasteiger partial charge in [-0.2, -0.15) is 0 Å². The number of unbranched alkanes of at least 4 members (excludes halogenated alkanes) is 3. The number of ketones is 5. The number of hydrogen-bond donors (Lipinski definition) is 5. The highest BCUT2D eigenvalue weighted by Gasteiger charge is 2.33. The van der Waals surface area contributed by atoms with Crippen molar-refractivity contribution in [2.24, 2.45) is 17.4 Å². The van der Waals surface area contributed by atoms with Gasteiger partial charge in [-0.15, -0.1) is 47.0 Å². The first-order chi connectivity index (χ1) is 26.5. The van der Waals surface area contributed by atoms with Crippen LogP contribution in [0.25, 0.3) is 0 Å². The third kappa shape index (κ3) is 28.5. The molecule has 322 valence electrons. The second-order valence-electron chi connectivity index (χ2n) is 14.3. The van der Waals surface area contributed by atoms with Crippen molar-refractivity contribution >= 4 is 93.8 Å². The molecule has 0 bridgehead atoms. The van der Waals surface area contributed by atoms with Crippen LogP contribution in [-0.4, -0.2) is 120 Å². The summed E-state index contributed by atoms with van der Waals surface area (Å²) in [6, 6.07) is -0.416. The molecule has 6 atom stereocenters. The highest BCUT2D eigenvalue weighted by molar-refractivity contribution is 8.05. The lowest BCUT2D eigenvalue weighted by Gasteiger charge is -2.35. The molecule has 0 saturated heterocycles. The molecule has 0 aromatic carbocycles.